The van der Waals surface area contributed by atoms with Gasteiger partial charge in [0.05, 0.1) is 36.6 Å². The van der Waals surface area contributed by atoms with Crippen LogP contribution in [0.5, 0.6) is 0 Å². The van der Waals surface area contributed by atoms with Crippen LogP contribution < -0.4 is 5.56 Å². The molecule has 0 unspecified atom stereocenters. The first kappa shape index (κ1) is 16.4. The normalized spacial score (nSPS) is 10.6. The first-order chi connectivity index (χ1) is 12.2. The zero-order valence-electron chi connectivity index (χ0n) is 13.5. The molecule has 0 aliphatic carbocycles. The lowest BCUT2D eigenvalue weighted by Gasteiger charge is -2.07. The van der Waals surface area contributed by atoms with Crippen LogP contribution in [0.4, 0.5) is 0 Å². The molecule has 3 aromatic rings. The van der Waals surface area contributed by atoms with Gasteiger partial charge in [-0.1, -0.05) is 12.1 Å². The minimum absolute atomic E-state index is 0.111. The number of carbonyl (C=O) groups is 1. The summed E-state index contributed by atoms with van der Waals surface area (Å²) in [5.41, 5.74) is 0.695. The molecule has 0 atom stereocenters. The third-order valence-electron chi connectivity index (χ3n) is 3.72. The maximum absolute atomic E-state index is 12.5. The predicted molar refractivity (Wildman–Crippen MR) is 88.9 cm³/mol. The van der Waals surface area contributed by atoms with Crippen molar-refractivity contribution >= 4 is 16.9 Å². The summed E-state index contributed by atoms with van der Waals surface area (Å²) in [5, 5.41) is 13.9. The van der Waals surface area contributed by atoms with E-state index in [0.717, 1.165) is 0 Å². The Morgan fingerprint density at radius 1 is 1.32 bits per heavy atom. The van der Waals surface area contributed by atoms with E-state index in [-0.39, 0.29) is 36.5 Å². The zero-order valence-corrected chi connectivity index (χ0v) is 13.5. The van der Waals surface area contributed by atoms with E-state index in [9.17, 15) is 14.9 Å². The summed E-state index contributed by atoms with van der Waals surface area (Å²) in [7, 11) is 0. The van der Waals surface area contributed by atoms with Crippen LogP contribution in [0, 0.1) is 11.3 Å². The highest BCUT2D eigenvalue weighted by atomic mass is 16.5. The number of rotatable bonds is 5. The lowest BCUT2D eigenvalue weighted by molar-refractivity contribution is 0.0526. The van der Waals surface area contributed by atoms with E-state index in [0.29, 0.717) is 10.9 Å². The van der Waals surface area contributed by atoms with Crippen molar-refractivity contribution in [2.24, 2.45) is 0 Å². The van der Waals surface area contributed by atoms with Gasteiger partial charge >= 0.3 is 5.97 Å². The van der Waals surface area contributed by atoms with Crippen LogP contribution in [0.15, 0.2) is 41.6 Å². The summed E-state index contributed by atoms with van der Waals surface area (Å²) in [6.45, 7) is 2.43. The van der Waals surface area contributed by atoms with Crippen molar-refractivity contribution in [1.82, 2.24) is 19.3 Å². The molecule has 25 heavy (non-hydrogen) atoms. The monoisotopic (exact) mass is 337 g/mol. The van der Waals surface area contributed by atoms with Crippen LogP contribution in [-0.4, -0.2) is 31.9 Å². The number of hydrogen-bond donors (Lipinski definition) is 0. The summed E-state index contributed by atoms with van der Waals surface area (Å²) in [6, 6.07) is 9.05. The summed E-state index contributed by atoms with van der Waals surface area (Å²) < 4.78 is 7.74. The molecule has 0 fully saturated rings. The van der Waals surface area contributed by atoms with E-state index in [1.165, 1.54) is 21.8 Å². The molecular weight excluding hydrogens is 322 g/mol. The molecular formula is C17H15N5O3. The molecule has 2 aromatic heterocycles. The average molecular weight is 337 g/mol. The minimum atomic E-state index is -0.588. The van der Waals surface area contributed by atoms with E-state index in [1.54, 1.807) is 25.1 Å². The molecule has 1 aromatic carbocycles. The Bertz CT molecular complexity index is 1030. The van der Waals surface area contributed by atoms with Gasteiger partial charge in [0.1, 0.15) is 11.6 Å². The molecule has 0 aliphatic rings. The molecule has 2 heterocycles. The third kappa shape index (κ3) is 3.12. The van der Waals surface area contributed by atoms with Crippen LogP contribution in [0.2, 0.25) is 0 Å². The number of nitriles is 1. The van der Waals surface area contributed by atoms with Crippen molar-refractivity contribution in [2.75, 3.05) is 6.61 Å². The van der Waals surface area contributed by atoms with Gasteiger partial charge in [0.15, 0.2) is 5.69 Å². The van der Waals surface area contributed by atoms with Gasteiger partial charge in [0, 0.05) is 6.54 Å². The Morgan fingerprint density at radius 2 is 2.12 bits per heavy atom. The Kier molecular flexibility index (Phi) is 4.57. The number of carbonyl (C=O) groups excluding carboxylic acids is 1. The Hall–Kier alpha value is -3.47. The third-order valence-corrected chi connectivity index (χ3v) is 3.72. The van der Waals surface area contributed by atoms with Crippen LogP contribution >= 0.6 is 0 Å². The fourth-order valence-electron chi connectivity index (χ4n) is 2.50. The molecule has 0 aliphatic heterocycles. The molecule has 0 spiro atoms. The van der Waals surface area contributed by atoms with Crippen molar-refractivity contribution in [3.8, 4) is 6.07 Å². The van der Waals surface area contributed by atoms with Crippen LogP contribution in [-0.2, 0) is 17.8 Å². The maximum atomic E-state index is 12.5. The summed E-state index contributed by atoms with van der Waals surface area (Å²) in [6.07, 6.45) is 2.77. The predicted octanol–water partition coefficient (Wildman–Crippen LogP) is 1.34. The molecule has 0 saturated carbocycles. The van der Waals surface area contributed by atoms with E-state index in [4.69, 9.17) is 4.74 Å². The first-order valence-corrected chi connectivity index (χ1v) is 7.73. The molecule has 3 rings (SSSR count). The molecule has 0 amide bonds. The number of hydrogen-bond acceptors (Lipinski definition) is 6. The van der Waals surface area contributed by atoms with Gasteiger partial charge in [-0.25, -0.2) is 9.78 Å². The van der Waals surface area contributed by atoms with Crippen molar-refractivity contribution < 1.29 is 9.53 Å². The van der Waals surface area contributed by atoms with Crippen LogP contribution in [0.1, 0.15) is 23.0 Å². The lowest BCUT2D eigenvalue weighted by atomic mass is 10.2. The first-order valence-electron chi connectivity index (χ1n) is 7.73. The highest BCUT2D eigenvalue weighted by molar-refractivity contribution is 5.91. The number of aromatic nitrogens is 4. The quantitative estimate of drug-likeness (QED) is 0.651. The number of nitrogens with zero attached hydrogens (tertiary/aromatic N) is 5. The Balaban J connectivity index is 1.85. The van der Waals surface area contributed by atoms with Gasteiger partial charge in [-0.3, -0.25) is 14.0 Å². The average Bonchev–Trinajstić information content (AvgIpc) is 3.04. The Morgan fingerprint density at radius 3 is 2.88 bits per heavy atom. The highest BCUT2D eigenvalue weighted by Gasteiger charge is 2.18. The molecule has 0 N–H and O–H groups in total. The summed E-state index contributed by atoms with van der Waals surface area (Å²) >= 11 is 0. The lowest BCUT2D eigenvalue weighted by Crippen LogP contribution is -2.23. The molecule has 126 valence electrons. The van der Waals surface area contributed by atoms with E-state index < -0.39 is 5.97 Å². The molecule has 0 bridgehead atoms. The second kappa shape index (κ2) is 6.97. The largest absolute Gasteiger partial charge is 0.462 e. The van der Waals surface area contributed by atoms with Crippen molar-refractivity contribution in [3.05, 3.63) is 58.4 Å². The van der Waals surface area contributed by atoms with E-state index in [1.807, 2.05) is 12.1 Å². The number of fused-ring (bicyclic) bond motifs is 1. The SMILES string of the molecule is CCOC(=O)c1cnn(CCn2cnc3ccccc3c2=O)c1C#N. The smallest absolute Gasteiger partial charge is 0.342 e. The second-order valence-electron chi connectivity index (χ2n) is 5.22. The van der Waals surface area contributed by atoms with Crippen LogP contribution in [0.25, 0.3) is 10.9 Å². The van der Waals surface area contributed by atoms with Crippen molar-refractivity contribution in [3.63, 3.8) is 0 Å². The topological polar surface area (TPSA) is 103 Å². The van der Waals surface area contributed by atoms with Gasteiger partial charge in [-0.05, 0) is 19.1 Å². The number of para-hydroxylation sites is 1. The standard InChI is InChI=1S/C17H15N5O3/c1-2-25-17(24)13-10-20-22(15(13)9-18)8-7-21-11-19-14-6-4-3-5-12(14)16(21)23/h3-6,10-11H,2,7-8H2,1H3. The highest BCUT2D eigenvalue weighted by Crippen LogP contribution is 2.10. The fourth-order valence-corrected chi connectivity index (χ4v) is 2.50. The van der Waals surface area contributed by atoms with Crippen molar-refractivity contribution in [1.29, 1.82) is 5.26 Å². The van der Waals surface area contributed by atoms with Gasteiger partial charge in [0.2, 0.25) is 0 Å². The molecule has 8 nitrogen and oxygen atoms in total. The van der Waals surface area contributed by atoms with Gasteiger partial charge in [0.25, 0.3) is 5.56 Å². The van der Waals surface area contributed by atoms with Gasteiger partial charge in [-0.2, -0.15) is 10.4 Å². The maximum Gasteiger partial charge on any atom is 0.342 e. The molecule has 8 heteroatoms. The van der Waals surface area contributed by atoms with E-state index >= 15 is 0 Å². The molecule has 0 saturated heterocycles. The van der Waals surface area contributed by atoms with Gasteiger partial charge < -0.3 is 4.74 Å². The van der Waals surface area contributed by atoms with E-state index in [2.05, 4.69) is 10.1 Å². The van der Waals surface area contributed by atoms with Crippen LogP contribution in [0.3, 0.4) is 0 Å². The number of esters is 1. The van der Waals surface area contributed by atoms with Crippen molar-refractivity contribution in [2.45, 2.75) is 20.0 Å². The second-order valence-corrected chi connectivity index (χ2v) is 5.22. The number of benzene rings is 1. The summed E-state index contributed by atoms with van der Waals surface area (Å²) in [5.74, 6) is -0.588. The van der Waals surface area contributed by atoms with Gasteiger partial charge in [-0.15, -0.1) is 0 Å². The number of aryl methyl sites for hydroxylation is 2. The summed E-state index contributed by atoms with van der Waals surface area (Å²) in [4.78, 5) is 28.5. The Labute approximate surface area is 142 Å². The molecule has 0 radical (unpaired) electrons. The fraction of sp³-hybridized carbons (Fsp3) is 0.235. The zero-order chi connectivity index (χ0) is 17.8. The minimum Gasteiger partial charge on any atom is -0.462 e. The number of ether oxygens (including phenoxy) is 1.